The topological polar surface area (TPSA) is 66.7 Å². The molecule has 0 spiro atoms. The number of sulfone groups is 1. The van der Waals surface area contributed by atoms with Crippen molar-refractivity contribution < 1.29 is 18.0 Å². The first-order valence-electron chi connectivity index (χ1n) is 5.07. The molecule has 1 N–H and O–H groups in total. The van der Waals surface area contributed by atoms with Crippen LogP contribution in [0.3, 0.4) is 0 Å². The van der Waals surface area contributed by atoms with E-state index in [1.807, 2.05) is 0 Å². The average Bonchev–Trinajstić information content (AvgIpc) is 2.25. The van der Waals surface area contributed by atoms with Crippen molar-refractivity contribution >= 4 is 15.5 Å². The number of benzene rings is 1. The van der Waals surface area contributed by atoms with E-state index in [2.05, 4.69) is 5.16 Å². The Bertz CT molecular complexity index is 525. The molecular formula is C11H14FNO3S. The Hall–Kier alpha value is -1.43. The van der Waals surface area contributed by atoms with Crippen molar-refractivity contribution in [2.75, 3.05) is 6.26 Å². The number of oxime groups is 1. The van der Waals surface area contributed by atoms with Gasteiger partial charge >= 0.3 is 0 Å². The van der Waals surface area contributed by atoms with Crippen LogP contribution in [0, 0.1) is 5.82 Å². The minimum Gasteiger partial charge on any atom is -0.411 e. The number of nitrogens with zero attached hydrogens (tertiary/aromatic N) is 1. The molecule has 0 amide bonds. The first-order valence-corrected chi connectivity index (χ1v) is 7.03. The summed E-state index contributed by atoms with van der Waals surface area (Å²) < 4.78 is 36.6. The molecule has 0 saturated carbocycles. The normalized spacial score (nSPS) is 14.6. The second kappa shape index (κ2) is 5.27. The van der Waals surface area contributed by atoms with Crippen LogP contribution in [-0.2, 0) is 9.84 Å². The Labute approximate surface area is 99.7 Å². The van der Waals surface area contributed by atoms with Gasteiger partial charge in [-0.1, -0.05) is 30.3 Å². The summed E-state index contributed by atoms with van der Waals surface area (Å²) >= 11 is 0. The molecule has 0 radical (unpaired) electrons. The highest BCUT2D eigenvalue weighted by molar-refractivity contribution is 7.92. The third-order valence-electron chi connectivity index (χ3n) is 2.45. The van der Waals surface area contributed by atoms with E-state index in [4.69, 9.17) is 5.21 Å². The molecule has 0 fully saturated rings. The van der Waals surface area contributed by atoms with Crippen molar-refractivity contribution in [1.82, 2.24) is 0 Å². The van der Waals surface area contributed by atoms with E-state index in [0.717, 1.165) is 6.26 Å². The molecule has 0 bridgehead atoms. The van der Waals surface area contributed by atoms with Crippen LogP contribution in [0.1, 0.15) is 18.9 Å². The summed E-state index contributed by atoms with van der Waals surface area (Å²) in [6.07, 6.45) is 1.25. The van der Waals surface area contributed by atoms with Gasteiger partial charge in [0.25, 0.3) is 0 Å². The van der Waals surface area contributed by atoms with Crippen molar-refractivity contribution in [3.8, 4) is 0 Å². The van der Waals surface area contributed by atoms with Crippen LogP contribution < -0.4 is 0 Å². The van der Waals surface area contributed by atoms with Gasteiger partial charge in [-0.2, -0.15) is 0 Å². The molecule has 0 unspecified atom stereocenters. The third kappa shape index (κ3) is 3.03. The summed E-state index contributed by atoms with van der Waals surface area (Å²) in [5.41, 5.74) is -0.152. The van der Waals surface area contributed by atoms with E-state index < -0.39 is 20.9 Å². The molecule has 0 aliphatic carbocycles. The van der Waals surface area contributed by atoms with Crippen LogP contribution in [-0.4, -0.2) is 30.8 Å². The highest BCUT2D eigenvalue weighted by Crippen LogP contribution is 2.16. The molecule has 4 nitrogen and oxygen atoms in total. The lowest BCUT2D eigenvalue weighted by Crippen LogP contribution is -2.30. The lowest BCUT2D eigenvalue weighted by atomic mass is 10.1. The molecule has 6 heteroatoms. The van der Waals surface area contributed by atoms with Crippen LogP contribution in [0.4, 0.5) is 4.39 Å². The number of rotatable bonds is 4. The predicted octanol–water partition coefficient (Wildman–Crippen LogP) is 1.83. The molecule has 94 valence electrons. The van der Waals surface area contributed by atoms with Crippen molar-refractivity contribution in [2.45, 2.75) is 18.6 Å². The fourth-order valence-corrected chi connectivity index (χ4v) is 2.84. The van der Waals surface area contributed by atoms with Gasteiger partial charge in [0, 0.05) is 11.8 Å². The Morgan fingerprint density at radius 1 is 1.47 bits per heavy atom. The Kier molecular flexibility index (Phi) is 4.22. The van der Waals surface area contributed by atoms with Crippen molar-refractivity contribution in [3.63, 3.8) is 0 Å². The highest BCUT2D eigenvalue weighted by atomic mass is 32.2. The van der Waals surface area contributed by atoms with Crippen LogP contribution >= 0.6 is 0 Å². The van der Waals surface area contributed by atoms with Crippen molar-refractivity contribution in [3.05, 3.63) is 35.6 Å². The van der Waals surface area contributed by atoms with Gasteiger partial charge in [0.05, 0.1) is 0 Å². The minimum atomic E-state index is -3.45. The van der Waals surface area contributed by atoms with Crippen LogP contribution in [0.25, 0.3) is 0 Å². The molecule has 1 atom stereocenters. The Morgan fingerprint density at radius 3 is 2.47 bits per heavy atom. The Morgan fingerprint density at radius 2 is 2.06 bits per heavy atom. The second-order valence-corrected chi connectivity index (χ2v) is 5.92. The number of hydrogen-bond acceptors (Lipinski definition) is 4. The first kappa shape index (κ1) is 13.6. The summed E-state index contributed by atoms with van der Waals surface area (Å²) in [4.78, 5) is 0. The van der Waals surface area contributed by atoms with Crippen molar-refractivity contribution in [1.29, 1.82) is 0 Å². The highest BCUT2D eigenvalue weighted by Gasteiger charge is 2.28. The minimum absolute atomic E-state index is 0.00674. The molecule has 17 heavy (non-hydrogen) atoms. The quantitative estimate of drug-likeness (QED) is 0.509. The van der Waals surface area contributed by atoms with Crippen LogP contribution in [0.2, 0.25) is 0 Å². The van der Waals surface area contributed by atoms with Gasteiger partial charge in [-0.25, -0.2) is 12.8 Å². The van der Waals surface area contributed by atoms with Gasteiger partial charge in [-0.05, 0) is 12.5 Å². The van der Waals surface area contributed by atoms with Gasteiger partial charge in [-0.3, -0.25) is 0 Å². The third-order valence-corrected chi connectivity index (χ3v) is 4.04. The summed E-state index contributed by atoms with van der Waals surface area (Å²) in [6, 6.07) is 5.61. The van der Waals surface area contributed by atoms with E-state index in [1.165, 1.54) is 18.2 Å². The lowest BCUT2D eigenvalue weighted by Gasteiger charge is -2.15. The van der Waals surface area contributed by atoms with E-state index >= 15 is 0 Å². The van der Waals surface area contributed by atoms with E-state index in [0.29, 0.717) is 0 Å². The molecule has 0 aromatic heterocycles. The standard InChI is InChI=1S/C11H14FNO3S/c1-3-10(17(2,15)16)11(13-14)8-6-4-5-7-9(8)12/h4-7,10,14H,3H2,1-2H3/b13-11-/t10-/m1/s1. The molecule has 0 heterocycles. The zero-order valence-electron chi connectivity index (χ0n) is 9.59. The lowest BCUT2D eigenvalue weighted by molar-refractivity contribution is 0.317. The smallest absolute Gasteiger partial charge is 0.156 e. The summed E-state index contributed by atoms with van der Waals surface area (Å²) in [5.74, 6) is -0.609. The number of hydrogen-bond donors (Lipinski definition) is 1. The van der Waals surface area contributed by atoms with Gasteiger partial charge in [0.15, 0.2) is 9.84 Å². The molecule has 0 aliphatic rings. The zero-order valence-corrected chi connectivity index (χ0v) is 10.4. The van der Waals surface area contributed by atoms with E-state index in [9.17, 15) is 12.8 Å². The maximum Gasteiger partial charge on any atom is 0.156 e. The summed E-state index contributed by atoms with van der Waals surface area (Å²) in [7, 11) is -3.45. The van der Waals surface area contributed by atoms with Gasteiger partial charge in [0.1, 0.15) is 16.8 Å². The predicted molar refractivity (Wildman–Crippen MR) is 63.6 cm³/mol. The molecule has 0 aliphatic heterocycles. The molecular weight excluding hydrogens is 245 g/mol. The number of halogens is 1. The Balaban J connectivity index is 3.31. The largest absolute Gasteiger partial charge is 0.411 e. The first-order chi connectivity index (χ1) is 7.91. The van der Waals surface area contributed by atoms with E-state index in [-0.39, 0.29) is 17.7 Å². The summed E-state index contributed by atoms with van der Waals surface area (Å²) in [6.45, 7) is 1.64. The van der Waals surface area contributed by atoms with Crippen molar-refractivity contribution in [2.24, 2.45) is 5.16 Å². The second-order valence-electron chi connectivity index (χ2n) is 3.69. The summed E-state index contributed by atoms with van der Waals surface area (Å²) in [5, 5.41) is 10.9. The fourth-order valence-electron chi connectivity index (χ4n) is 1.66. The fraction of sp³-hybridized carbons (Fsp3) is 0.364. The van der Waals surface area contributed by atoms with Gasteiger partial charge < -0.3 is 5.21 Å². The van der Waals surface area contributed by atoms with Gasteiger partial charge in [0.2, 0.25) is 0 Å². The average molecular weight is 259 g/mol. The van der Waals surface area contributed by atoms with Crippen LogP contribution in [0.5, 0.6) is 0 Å². The molecule has 1 aromatic rings. The molecule has 1 rings (SSSR count). The molecule has 0 saturated heterocycles. The SMILES string of the molecule is CC[C@H](/C(=N\O)c1ccccc1F)S(C)(=O)=O. The zero-order chi connectivity index (χ0) is 13.1. The van der Waals surface area contributed by atoms with Crippen LogP contribution in [0.15, 0.2) is 29.4 Å². The molecule has 1 aromatic carbocycles. The van der Waals surface area contributed by atoms with Gasteiger partial charge in [-0.15, -0.1) is 0 Å². The van der Waals surface area contributed by atoms with E-state index in [1.54, 1.807) is 13.0 Å². The maximum atomic E-state index is 13.5. The monoisotopic (exact) mass is 259 g/mol. The maximum absolute atomic E-state index is 13.5.